The lowest BCUT2D eigenvalue weighted by Gasteiger charge is -2.07. The first-order chi connectivity index (χ1) is 7.66. The average Bonchev–Trinajstić information content (AvgIpc) is 2.26. The lowest BCUT2D eigenvalue weighted by Crippen LogP contribution is -1.91. The van der Waals surface area contributed by atoms with Crippen molar-refractivity contribution in [2.75, 3.05) is 0 Å². The lowest BCUT2D eigenvalue weighted by atomic mass is 9.99. The van der Waals surface area contributed by atoms with E-state index in [2.05, 4.69) is 27.7 Å². The molecule has 1 unspecified atom stereocenters. The Hall–Kier alpha value is 0. The van der Waals surface area contributed by atoms with Gasteiger partial charge in [-0.05, 0) is 11.8 Å². The van der Waals surface area contributed by atoms with Crippen LogP contribution < -0.4 is 0 Å². The summed E-state index contributed by atoms with van der Waals surface area (Å²) in [4.78, 5) is 0. The van der Waals surface area contributed by atoms with Crippen LogP contribution in [0, 0.1) is 11.8 Å². The summed E-state index contributed by atoms with van der Waals surface area (Å²) in [7, 11) is 0. The molecule has 0 aromatic rings. The Morgan fingerprint density at radius 1 is 0.625 bits per heavy atom. The quantitative estimate of drug-likeness (QED) is 0.368. The van der Waals surface area contributed by atoms with Gasteiger partial charge in [0.05, 0.1) is 0 Å². The molecule has 0 nitrogen and oxygen atoms in total. The van der Waals surface area contributed by atoms with Gasteiger partial charge in [0.15, 0.2) is 0 Å². The highest BCUT2D eigenvalue weighted by Gasteiger charge is 1.98. The van der Waals surface area contributed by atoms with E-state index in [0.717, 1.165) is 11.8 Å². The van der Waals surface area contributed by atoms with Crippen LogP contribution in [-0.2, 0) is 0 Å². The van der Waals surface area contributed by atoms with E-state index in [0.29, 0.717) is 0 Å². The molecule has 0 saturated heterocycles. The van der Waals surface area contributed by atoms with Crippen LogP contribution in [0.5, 0.6) is 0 Å². The van der Waals surface area contributed by atoms with Crippen molar-refractivity contribution in [3.63, 3.8) is 0 Å². The van der Waals surface area contributed by atoms with Gasteiger partial charge in [-0.1, -0.05) is 91.9 Å². The molecule has 0 aliphatic rings. The van der Waals surface area contributed by atoms with Crippen molar-refractivity contribution in [2.24, 2.45) is 11.8 Å². The van der Waals surface area contributed by atoms with Gasteiger partial charge in [-0.15, -0.1) is 0 Å². The van der Waals surface area contributed by atoms with Gasteiger partial charge >= 0.3 is 0 Å². The molecule has 0 N–H and O–H groups in total. The van der Waals surface area contributed by atoms with Crippen molar-refractivity contribution < 1.29 is 0 Å². The SMILES string of the molecule is CCC(C)CCCCCCCCCC(C)C. The molecule has 0 heteroatoms. The third kappa shape index (κ3) is 12.1. The molecule has 0 aromatic carbocycles. The summed E-state index contributed by atoms with van der Waals surface area (Å²) in [6.07, 6.45) is 14.5. The van der Waals surface area contributed by atoms with Crippen LogP contribution in [0.4, 0.5) is 0 Å². The minimum Gasteiger partial charge on any atom is -0.0651 e. The van der Waals surface area contributed by atoms with Crippen LogP contribution in [0.25, 0.3) is 0 Å². The zero-order chi connectivity index (χ0) is 12.2. The smallest absolute Gasteiger partial charge is 0.0445 e. The first-order valence-corrected chi connectivity index (χ1v) is 7.66. The number of hydrogen-bond acceptors (Lipinski definition) is 0. The summed E-state index contributed by atoms with van der Waals surface area (Å²) in [5.74, 6) is 1.85. The minimum atomic E-state index is 0.899. The molecule has 0 rings (SSSR count). The fourth-order valence-corrected chi connectivity index (χ4v) is 2.13. The minimum absolute atomic E-state index is 0.899. The predicted octanol–water partition coefficient (Wildman–Crippen LogP) is 6.20. The Kier molecular flexibility index (Phi) is 11.5. The highest BCUT2D eigenvalue weighted by Crippen LogP contribution is 2.15. The second kappa shape index (κ2) is 11.5. The van der Waals surface area contributed by atoms with E-state index in [9.17, 15) is 0 Å². The van der Waals surface area contributed by atoms with Crippen LogP contribution in [0.2, 0.25) is 0 Å². The third-order valence-corrected chi connectivity index (χ3v) is 3.68. The van der Waals surface area contributed by atoms with Crippen molar-refractivity contribution >= 4 is 0 Å². The summed E-state index contributed by atoms with van der Waals surface area (Å²) in [6, 6.07) is 0. The summed E-state index contributed by atoms with van der Waals surface area (Å²) in [6.45, 7) is 9.34. The maximum atomic E-state index is 2.38. The lowest BCUT2D eigenvalue weighted by molar-refractivity contribution is 0.465. The largest absolute Gasteiger partial charge is 0.0651 e. The Morgan fingerprint density at radius 2 is 1.06 bits per heavy atom. The normalized spacial score (nSPS) is 13.3. The third-order valence-electron chi connectivity index (χ3n) is 3.68. The monoisotopic (exact) mass is 226 g/mol. The molecule has 98 valence electrons. The van der Waals surface area contributed by atoms with Crippen LogP contribution >= 0.6 is 0 Å². The topological polar surface area (TPSA) is 0 Å². The van der Waals surface area contributed by atoms with Gasteiger partial charge < -0.3 is 0 Å². The van der Waals surface area contributed by atoms with Gasteiger partial charge in [-0.2, -0.15) is 0 Å². The Morgan fingerprint density at radius 3 is 1.50 bits per heavy atom. The average molecular weight is 226 g/mol. The van der Waals surface area contributed by atoms with Crippen molar-refractivity contribution in [3.8, 4) is 0 Å². The van der Waals surface area contributed by atoms with Crippen molar-refractivity contribution in [3.05, 3.63) is 0 Å². The van der Waals surface area contributed by atoms with Gasteiger partial charge in [0.1, 0.15) is 0 Å². The molecule has 0 amide bonds. The zero-order valence-corrected chi connectivity index (χ0v) is 12.2. The summed E-state index contributed by atoms with van der Waals surface area (Å²) in [5, 5.41) is 0. The van der Waals surface area contributed by atoms with Crippen LogP contribution in [0.1, 0.15) is 91.9 Å². The fourth-order valence-electron chi connectivity index (χ4n) is 2.13. The Labute approximate surface area is 104 Å². The molecular formula is C16H34. The first-order valence-electron chi connectivity index (χ1n) is 7.66. The van der Waals surface area contributed by atoms with Gasteiger partial charge in [0, 0.05) is 0 Å². The maximum absolute atomic E-state index is 2.38. The van der Waals surface area contributed by atoms with Crippen LogP contribution in [-0.4, -0.2) is 0 Å². The molecule has 1 atom stereocenters. The molecular weight excluding hydrogens is 192 g/mol. The molecule has 0 saturated carbocycles. The van der Waals surface area contributed by atoms with Crippen molar-refractivity contribution in [1.82, 2.24) is 0 Å². The molecule has 0 bridgehead atoms. The fraction of sp³-hybridized carbons (Fsp3) is 1.00. The molecule has 0 fully saturated rings. The number of unbranched alkanes of at least 4 members (excludes halogenated alkanes) is 6. The molecule has 0 spiro atoms. The second-order valence-corrected chi connectivity index (χ2v) is 5.96. The predicted molar refractivity (Wildman–Crippen MR) is 75.8 cm³/mol. The Balaban J connectivity index is 2.99. The standard InChI is InChI=1S/C16H34/c1-5-16(4)14-12-10-8-6-7-9-11-13-15(2)3/h15-16H,5-14H2,1-4H3. The van der Waals surface area contributed by atoms with Gasteiger partial charge in [-0.25, -0.2) is 0 Å². The van der Waals surface area contributed by atoms with Crippen LogP contribution in [0.15, 0.2) is 0 Å². The van der Waals surface area contributed by atoms with Crippen molar-refractivity contribution in [2.45, 2.75) is 91.9 Å². The molecule has 0 aliphatic carbocycles. The maximum Gasteiger partial charge on any atom is -0.0445 e. The summed E-state index contributed by atoms with van der Waals surface area (Å²) in [5.41, 5.74) is 0. The van der Waals surface area contributed by atoms with E-state index in [4.69, 9.17) is 0 Å². The molecule has 0 aliphatic heterocycles. The van der Waals surface area contributed by atoms with E-state index in [1.165, 1.54) is 64.2 Å². The van der Waals surface area contributed by atoms with E-state index >= 15 is 0 Å². The van der Waals surface area contributed by atoms with Gasteiger partial charge in [-0.3, -0.25) is 0 Å². The molecule has 0 heterocycles. The van der Waals surface area contributed by atoms with Crippen LogP contribution in [0.3, 0.4) is 0 Å². The summed E-state index contributed by atoms with van der Waals surface area (Å²) < 4.78 is 0. The van der Waals surface area contributed by atoms with E-state index in [1.807, 2.05) is 0 Å². The van der Waals surface area contributed by atoms with E-state index < -0.39 is 0 Å². The van der Waals surface area contributed by atoms with E-state index in [-0.39, 0.29) is 0 Å². The van der Waals surface area contributed by atoms with Crippen molar-refractivity contribution in [1.29, 1.82) is 0 Å². The van der Waals surface area contributed by atoms with E-state index in [1.54, 1.807) is 0 Å². The summed E-state index contributed by atoms with van der Waals surface area (Å²) >= 11 is 0. The number of hydrogen-bond donors (Lipinski definition) is 0. The second-order valence-electron chi connectivity index (χ2n) is 5.96. The Bertz CT molecular complexity index is 126. The zero-order valence-electron chi connectivity index (χ0n) is 12.2. The first kappa shape index (κ1) is 16.0. The number of rotatable bonds is 11. The molecule has 16 heavy (non-hydrogen) atoms. The highest BCUT2D eigenvalue weighted by atomic mass is 14.0. The van der Waals surface area contributed by atoms with Gasteiger partial charge in [0.2, 0.25) is 0 Å². The molecule has 0 aromatic heterocycles. The van der Waals surface area contributed by atoms with Gasteiger partial charge in [0.25, 0.3) is 0 Å². The molecule has 0 radical (unpaired) electrons. The highest BCUT2D eigenvalue weighted by molar-refractivity contribution is 4.52.